The zero-order chi connectivity index (χ0) is 19.2. The van der Waals surface area contributed by atoms with Crippen molar-refractivity contribution in [1.29, 1.82) is 0 Å². The van der Waals surface area contributed by atoms with Crippen LogP contribution in [0.1, 0.15) is 23.2 Å². The summed E-state index contributed by atoms with van der Waals surface area (Å²) >= 11 is 0. The summed E-state index contributed by atoms with van der Waals surface area (Å²) in [5.74, 6) is -0.333. The van der Waals surface area contributed by atoms with Crippen LogP contribution in [0.15, 0.2) is 59.3 Å². The summed E-state index contributed by atoms with van der Waals surface area (Å²) < 4.78 is 17.1. The minimum atomic E-state index is -1.00. The van der Waals surface area contributed by atoms with Crippen molar-refractivity contribution in [2.24, 2.45) is 0 Å². The van der Waals surface area contributed by atoms with E-state index < -0.39 is 18.0 Å². The molecule has 27 heavy (non-hydrogen) atoms. The zero-order valence-corrected chi connectivity index (χ0v) is 14.9. The van der Waals surface area contributed by atoms with Gasteiger partial charge in [0.15, 0.2) is 11.9 Å². The molecule has 1 atom stereocenters. The van der Waals surface area contributed by atoms with Crippen LogP contribution in [0.2, 0.25) is 0 Å². The van der Waals surface area contributed by atoms with Gasteiger partial charge in [0, 0.05) is 0 Å². The smallest absolute Gasteiger partial charge is 0.363 e. The van der Waals surface area contributed by atoms with Crippen LogP contribution in [-0.4, -0.2) is 34.9 Å². The van der Waals surface area contributed by atoms with Crippen LogP contribution in [0.25, 0.3) is 5.69 Å². The maximum atomic E-state index is 12.4. The first-order valence-corrected chi connectivity index (χ1v) is 8.28. The lowest BCUT2D eigenvalue weighted by molar-refractivity contribution is -0.129. The summed E-state index contributed by atoms with van der Waals surface area (Å²) in [6, 6.07) is 12.7. The topological polar surface area (TPSA) is 95.6 Å². The molecule has 8 nitrogen and oxygen atoms in total. The maximum Gasteiger partial charge on any atom is 0.363 e. The number of esters is 1. The molecule has 0 saturated carbocycles. The minimum absolute atomic E-state index is 0.00737. The van der Waals surface area contributed by atoms with Gasteiger partial charge < -0.3 is 19.2 Å². The van der Waals surface area contributed by atoms with Crippen molar-refractivity contribution >= 4 is 11.9 Å². The van der Waals surface area contributed by atoms with Crippen LogP contribution in [0.5, 0.6) is 5.75 Å². The Kier molecular flexibility index (Phi) is 5.55. The number of benzene rings is 1. The number of hydrogen-bond acceptors (Lipinski definition) is 6. The van der Waals surface area contributed by atoms with E-state index in [0.29, 0.717) is 5.76 Å². The summed E-state index contributed by atoms with van der Waals surface area (Å²) in [6.07, 6.45) is 2.09. The largest absolute Gasteiger partial charge is 0.493 e. The molecule has 0 aliphatic carbocycles. The fourth-order valence-electron chi connectivity index (χ4n) is 2.36. The lowest BCUT2D eigenvalue weighted by atomic mass is 10.3. The summed E-state index contributed by atoms with van der Waals surface area (Å²) in [5, 5.41) is 6.86. The highest BCUT2D eigenvalue weighted by Gasteiger charge is 2.24. The zero-order valence-electron chi connectivity index (χ0n) is 14.9. The normalized spacial score (nSPS) is 11.6. The fraction of sp³-hybridized carbons (Fsp3) is 0.211. The second-order valence-electron chi connectivity index (χ2n) is 5.67. The molecule has 140 valence electrons. The second kappa shape index (κ2) is 8.22. The molecule has 2 heterocycles. The Bertz CT molecular complexity index is 903. The molecule has 0 aliphatic rings. The number of ether oxygens (including phenoxy) is 2. The van der Waals surface area contributed by atoms with Gasteiger partial charge in [0.1, 0.15) is 5.76 Å². The SMILES string of the molecule is COc1cn(-c2ccccc2)nc1C(=O)O[C@H](C)C(=O)NCc1ccco1. The highest BCUT2D eigenvalue weighted by Crippen LogP contribution is 2.20. The molecule has 0 fully saturated rings. The predicted octanol–water partition coefficient (Wildman–Crippen LogP) is 2.34. The van der Waals surface area contributed by atoms with Crippen molar-refractivity contribution in [1.82, 2.24) is 15.1 Å². The van der Waals surface area contributed by atoms with Gasteiger partial charge in [-0.3, -0.25) is 4.79 Å². The summed E-state index contributed by atoms with van der Waals surface area (Å²) in [7, 11) is 1.43. The number of amides is 1. The first kappa shape index (κ1) is 18.2. The molecule has 0 saturated heterocycles. The molecule has 1 amide bonds. The second-order valence-corrected chi connectivity index (χ2v) is 5.67. The van der Waals surface area contributed by atoms with Gasteiger partial charge in [-0.05, 0) is 31.2 Å². The molecule has 0 aliphatic heterocycles. The number of nitrogens with zero attached hydrogens (tertiary/aromatic N) is 2. The van der Waals surface area contributed by atoms with E-state index in [1.807, 2.05) is 30.3 Å². The fourth-order valence-corrected chi connectivity index (χ4v) is 2.36. The first-order chi connectivity index (χ1) is 13.1. The number of carbonyl (C=O) groups is 2. The quantitative estimate of drug-likeness (QED) is 0.642. The van der Waals surface area contributed by atoms with E-state index >= 15 is 0 Å². The molecule has 0 bridgehead atoms. The van der Waals surface area contributed by atoms with Crippen LogP contribution in [-0.2, 0) is 16.1 Å². The van der Waals surface area contributed by atoms with Crippen LogP contribution in [0.4, 0.5) is 0 Å². The monoisotopic (exact) mass is 369 g/mol. The molecule has 1 N–H and O–H groups in total. The summed E-state index contributed by atoms with van der Waals surface area (Å²) in [5.41, 5.74) is 0.756. The third-order valence-electron chi connectivity index (χ3n) is 3.78. The van der Waals surface area contributed by atoms with Crippen LogP contribution >= 0.6 is 0 Å². The van der Waals surface area contributed by atoms with E-state index in [4.69, 9.17) is 13.9 Å². The number of para-hydroxylation sites is 1. The molecule has 8 heteroatoms. The van der Waals surface area contributed by atoms with E-state index in [-0.39, 0.29) is 18.0 Å². The van der Waals surface area contributed by atoms with Crippen molar-refractivity contribution in [2.45, 2.75) is 19.6 Å². The first-order valence-electron chi connectivity index (χ1n) is 8.28. The van der Waals surface area contributed by atoms with E-state index in [1.54, 1.807) is 18.3 Å². The van der Waals surface area contributed by atoms with Gasteiger partial charge in [0.25, 0.3) is 5.91 Å². The van der Waals surface area contributed by atoms with E-state index in [9.17, 15) is 9.59 Å². The standard InChI is InChI=1S/C19H19N3O5/c1-13(18(23)20-11-15-9-6-10-26-15)27-19(24)17-16(25-2)12-22(21-17)14-7-4-3-5-8-14/h3-10,12-13H,11H2,1-2H3,(H,20,23)/t13-/m1/s1. The minimum Gasteiger partial charge on any atom is -0.493 e. The molecule has 0 radical (unpaired) electrons. The Hall–Kier alpha value is -3.55. The number of carbonyl (C=O) groups excluding carboxylic acids is 2. The van der Waals surface area contributed by atoms with Gasteiger partial charge >= 0.3 is 5.97 Å². The van der Waals surface area contributed by atoms with Crippen molar-refractivity contribution < 1.29 is 23.5 Å². The van der Waals surface area contributed by atoms with Gasteiger partial charge in [-0.1, -0.05) is 18.2 Å². The predicted molar refractivity (Wildman–Crippen MR) is 95.5 cm³/mol. The van der Waals surface area contributed by atoms with Crippen LogP contribution in [0.3, 0.4) is 0 Å². The highest BCUT2D eigenvalue weighted by atomic mass is 16.6. The van der Waals surface area contributed by atoms with Crippen molar-refractivity contribution in [3.63, 3.8) is 0 Å². The number of aromatic nitrogens is 2. The Morgan fingerprint density at radius 2 is 2.00 bits per heavy atom. The van der Waals surface area contributed by atoms with Gasteiger partial charge in [0.2, 0.25) is 5.69 Å². The van der Waals surface area contributed by atoms with Crippen molar-refractivity contribution in [3.05, 3.63) is 66.4 Å². The Morgan fingerprint density at radius 3 is 2.67 bits per heavy atom. The maximum absolute atomic E-state index is 12.4. The van der Waals surface area contributed by atoms with E-state index in [1.165, 1.54) is 25.0 Å². The van der Waals surface area contributed by atoms with Gasteiger partial charge in [0.05, 0.1) is 31.8 Å². The number of hydrogen-bond donors (Lipinski definition) is 1. The van der Waals surface area contributed by atoms with Gasteiger partial charge in [-0.15, -0.1) is 0 Å². The molecule has 1 aromatic carbocycles. The Morgan fingerprint density at radius 1 is 1.22 bits per heavy atom. The third-order valence-corrected chi connectivity index (χ3v) is 3.78. The van der Waals surface area contributed by atoms with Crippen molar-refractivity contribution in [2.75, 3.05) is 7.11 Å². The molecule has 0 spiro atoms. The number of rotatable bonds is 7. The lowest BCUT2D eigenvalue weighted by Crippen LogP contribution is -2.35. The van der Waals surface area contributed by atoms with Crippen LogP contribution in [0, 0.1) is 0 Å². The van der Waals surface area contributed by atoms with Crippen molar-refractivity contribution in [3.8, 4) is 11.4 Å². The van der Waals surface area contributed by atoms with Gasteiger partial charge in [-0.2, -0.15) is 5.10 Å². The third kappa shape index (κ3) is 4.35. The number of furan rings is 1. The lowest BCUT2D eigenvalue weighted by Gasteiger charge is -2.12. The molecular weight excluding hydrogens is 350 g/mol. The molecule has 3 rings (SSSR count). The molecular formula is C19H19N3O5. The summed E-state index contributed by atoms with van der Waals surface area (Å²) in [6.45, 7) is 1.69. The molecule has 3 aromatic rings. The highest BCUT2D eigenvalue weighted by molar-refractivity contribution is 5.92. The Balaban J connectivity index is 1.66. The average Bonchev–Trinajstić information content (AvgIpc) is 3.36. The van der Waals surface area contributed by atoms with E-state index in [2.05, 4.69) is 10.4 Å². The number of methoxy groups -OCH3 is 1. The summed E-state index contributed by atoms with van der Waals surface area (Å²) in [4.78, 5) is 24.5. The Labute approximate surface area is 155 Å². The van der Waals surface area contributed by atoms with Crippen LogP contribution < -0.4 is 10.1 Å². The molecule has 2 aromatic heterocycles. The average molecular weight is 369 g/mol. The van der Waals surface area contributed by atoms with Gasteiger partial charge in [-0.25, -0.2) is 9.48 Å². The number of nitrogens with one attached hydrogen (secondary N) is 1. The molecule has 0 unspecified atom stereocenters. The van der Waals surface area contributed by atoms with E-state index in [0.717, 1.165) is 5.69 Å².